The molecule has 1 amide bonds. The quantitative estimate of drug-likeness (QED) is 0.755. The maximum atomic E-state index is 13.3. The number of aryl methyl sites for hydroxylation is 1. The largest absolute Gasteiger partial charge is 0.497 e. The van der Waals surface area contributed by atoms with Crippen LogP contribution in [-0.2, 0) is 14.8 Å². The number of hydrogen-bond donors (Lipinski definition) is 1. The first-order valence-electron chi connectivity index (χ1n) is 8.67. The maximum Gasteiger partial charge on any atom is 0.244 e. The van der Waals surface area contributed by atoms with Crippen molar-refractivity contribution >= 4 is 44.8 Å². The number of para-hydroxylation sites is 1. The van der Waals surface area contributed by atoms with Gasteiger partial charge in [0.2, 0.25) is 15.9 Å². The van der Waals surface area contributed by atoms with Crippen molar-refractivity contribution in [3.63, 3.8) is 0 Å². The molecule has 3 rings (SSSR count). The molecule has 0 spiro atoms. The topological polar surface area (TPSA) is 75.7 Å². The predicted octanol–water partition coefficient (Wildman–Crippen LogP) is 4.10. The molecule has 6 nitrogen and oxygen atoms in total. The predicted molar refractivity (Wildman–Crippen MR) is 110 cm³/mol. The maximum absolute atomic E-state index is 13.3. The number of halogens is 2. The van der Waals surface area contributed by atoms with E-state index < -0.39 is 22.0 Å². The highest BCUT2D eigenvalue weighted by molar-refractivity contribution is 7.89. The standard InChI is InChI=1S/C19H20Cl2N2O4S/c1-12-8-9-13(27-2)11-17(12)28(25,26)23-10-4-7-16(23)19(24)22-18-14(20)5-3-6-15(18)21/h3,5-6,8-9,11,16H,4,7,10H2,1-2H3,(H,22,24)/t16-/m1/s1. The number of sulfonamides is 1. The van der Waals surface area contributed by atoms with E-state index in [1.807, 2.05) is 0 Å². The van der Waals surface area contributed by atoms with Gasteiger partial charge in [0.15, 0.2) is 0 Å². The molecule has 150 valence electrons. The van der Waals surface area contributed by atoms with Crippen molar-refractivity contribution in [3.05, 3.63) is 52.0 Å². The van der Waals surface area contributed by atoms with Crippen LogP contribution in [0.5, 0.6) is 5.75 Å². The summed E-state index contributed by atoms with van der Waals surface area (Å²) in [6.07, 6.45) is 0.993. The molecule has 0 radical (unpaired) electrons. The van der Waals surface area contributed by atoms with E-state index in [9.17, 15) is 13.2 Å². The fraction of sp³-hybridized carbons (Fsp3) is 0.316. The molecule has 1 heterocycles. The summed E-state index contributed by atoms with van der Waals surface area (Å²) in [5, 5.41) is 3.26. The Morgan fingerprint density at radius 2 is 1.89 bits per heavy atom. The second kappa shape index (κ2) is 8.29. The lowest BCUT2D eigenvalue weighted by atomic mass is 10.2. The summed E-state index contributed by atoms with van der Waals surface area (Å²) in [6, 6.07) is 8.88. The molecule has 1 N–H and O–H groups in total. The molecule has 1 saturated heterocycles. The summed E-state index contributed by atoms with van der Waals surface area (Å²) < 4.78 is 32.9. The van der Waals surface area contributed by atoms with Gasteiger partial charge < -0.3 is 10.1 Å². The number of benzene rings is 2. The summed E-state index contributed by atoms with van der Waals surface area (Å²) in [5.41, 5.74) is 0.860. The Bertz CT molecular complexity index is 991. The van der Waals surface area contributed by atoms with Gasteiger partial charge in [0.25, 0.3) is 0 Å². The fourth-order valence-corrected chi connectivity index (χ4v) is 5.62. The monoisotopic (exact) mass is 442 g/mol. The van der Waals surface area contributed by atoms with Crippen LogP contribution in [0.3, 0.4) is 0 Å². The number of carbonyl (C=O) groups excluding carboxylic acids is 1. The molecule has 28 heavy (non-hydrogen) atoms. The van der Waals surface area contributed by atoms with Gasteiger partial charge in [-0.1, -0.05) is 35.3 Å². The third-order valence-electron chi connectivity index (χ3n) is 4.70. The SMILES string of the molecule is COc1ccc(C)c(S(=O)(=O)N2CCC[C@@H]2C(=O)Nc2c(Cl)cccc2Cl)c1. The zero-order valence-corrected chi connectivity index (χ0v) is 17.7. The van der Waals surface area contributed by atoms with E-state index in [-0.39, 0.29) is 27.2 Å². The Morgan fingerprint density at radius 3 is 2.54 bits per heavy atom. The van der Waals surface area contributed by atoms with Gasteiger partial charge in [-0.2, -0.15) is 4.31 Å². The molecule has 2 aromatic carbocycles. The number of nitrogens with zero attached hydrogens (tertiary/aromatic N) is 1. The summed E-state index contributed by atoms with van der Waals surface area (Å²) >= 11 is 12.2. The van der Waals surface area contributed by atoms with Gasteiger partial charge in [0, 0.05) is 12.6 Å². The minimum absolute atomic E-state index is 0.127. The first kappa shape index (κ1) is 20.9. The summed E-state index contributed by atoms with van der Waals surface area (Å²) in [6.45, 7) is 1.97. The normalized spacial score (nSPS) is 17.5. The highest BCUT2D eigenvalue weighted by Crippen LogP contribution is 2.33. The van der Waals surface area contributed by atoms with Crippen LogP contribution >= 0.6 is 23.2 Å². The second-order valence-corrected chi connectivity index (χ2v) is 9.16. The average Bonchev–Trinajstić information content (AvgIpc) is 3.16. The Balaban J connectivity index is 1.91. The Hall–Kier alpha value is -1.80. The first-order valence-corrected chi connectivity index (χ1v) is 10.9. The molecule has 1 aliphatic rings. The lowest BCUT2D eigenvalue weighted by molar-refractivity contribution is -0.119. The molecule has 1 fully saturated rings. The van der Waals surface area contributed by atoms with Crippen molar-refractivity contribution in [2.45, 2.75) is 30.7 Å². The van der Waals surface area contributed by atoms with Crippen molar-refractivity contribution in [2.24, 2.45) is 0 Å². The van der Waals surface area contributed by atoms with Crippen molar-refractivity contribution in [3.8, 4) is 5.75 Å². The van der Waals surface area contributed by atoms with E-state index in [4.69, 9.17) is 27.9 Å². The second-order valence-electron chi connectivity index (χ2n) is 6.49. The van der Waals surface area contributed by atoms with Crippen molar-refractivity contribution < 1.29 is 17.9 Å². The minimum atomic E-state index is -3.88. The number of nitrogens with one attached hydrogen (secondary N) is 1. The summed E-state index contributed by atoms with van der Waals surface area (Å²) in [4.78, 5) is 13.0. The molecule has 0 aromatic heterocycles. The summed E-state index contributed by atoms with van der Waals surface area (Å²) in [7, 11) is -2.41. The Labute approximate surface area is 174 Å². The lowest BCUT2D eigenvalue weighted by Crippen LogP contribution is -2.43. The molecular weight excluding hydrogens is 423 g/mol. The van der Waals surface area contributed by atoms with E-state index in [1.54, 1.807) is 37.3 Å². The highest BCUT2D eigenvalue weighted by atomic mass is 35.5. The van der Waals surface area contributed by atoms with Crippen molar-refractivity contribution in [1.29, 1.82) is 0 Å². The fourth-order valence-electron chi connectivity index (χ4n) is 3.23. The van der Waals surface area contributed by atoms with Crippen LogP contribution in [0.2, 0.25) is 10.0 Å². The van der Waals surface area contributed by atoms with Gasteiger partial charge in [0.05, 0.1) is 27.7 Å². The van der Waals surface area contributed by atoms with Crippen LogP contribution in [0.4, 0.5) is 5.69 Å². The third kappa shape index (κ3) is 3.98. The van der Waals surface area contributed by atoms with E-state index in [1.165, 1.54) is 17.5 Å². The van der Waals surface area contributed by atoms with Crippen LogP contribution < -0.4 is 10.1 Å². The molecule has 1 atom stereocenters. The zero-order valence-electron chi connectivity index (χ0n) is 15.4. The molecule has 2 aromatic rings. The number of rotatable bonds is 5. The third-order valence-corrected chi connectivity index (χ3v) is 7.38. The van der Waals surface area contributed by atoms with Crippen LogP contribution in [0.1, 0.15) is 18.4 Å². The van der Waals surface area contributed by atoms with Crippen molar-refractivity contribution in [1.82, 2.24) is 4.31 Å². The van der Waals surface area contributed by atoms with Crippen LogP contribution in [0.25, 0.3) is 0 Å². The number of hydrogen-bond acceptors (Lipinski definition) is 4. The number of amides is 1. The van der Waals surface area contributed by atoms with Crippen molar-refractivity contribution in [2.75, 3.05) is 19.0 Å². The molecule has 0 unspecified atom stereocenters. The minimum Gasteiger partial charge on any atom is -0.497 e. The molecule has 0 saturated carbocycles. The smallest absolute Gasteiger partial charge is 0.244 e. The van der Waals surface area contributed by atoms with Crippen LogP contribution in [0.15, 0.2) is 41.3 Å². The average molecular weight is 443 g/mol. The molecule has 1 aliphatic heterocycles. The first-order chi connectivity index (χ1) is 13.3. The van der Waals surface area contributed by atoms with Crippen LogP contribution in [0, 0.1) is 6.92 Å². The van der Waals surface area contributed by atoms with Gasteiger partial charge in [-0.3, -0.25) is 4.79 Å². The van der Waals surface area contributed by atoms with E-state index in [2.05, 4.69) is 5.32 Å². The molecule has 0 bridgehead atoms. The van der Waals surface area contributed by atoms with Gasteiger partial charge in [-0.15, -0.1) is 0 Å². The summed E-state index contributed by atoms with van der Waals surface area (Å²) in [5.74, 6) is -0.0242. The number of methoxy groups -OCH3 is 1. The van der Waals surface area contributed by atoms with Gasteiger partial charge in [-0.05, 0) is 43.5 Å². The van der Waals surface area contributed by atoms with Gasteiger partial charge in [0.1, 0.15) is 11.8 Å². The number of anilines is 1. The zero-order chi connectivity index (χ0) is 20.5. The molecular formula is C19H20Cl2N2O4S. The number of ether oxygens (including phenoxy) is 1. The lowest BCUT2D eigenvalue weighted by Gasteiger charge is -2.24. The van der Waals surface area contributed by atoms with Gasteiger partial charge in [-0.25, -0.2) is 8.42 Å². The Morgan fingerprint density at radius 1 is 1.21 bits per heavy atom. The highest BCUT2D eigenvalue weighted by Gasteiger charge is 2.40. The van der Waals surface area contributed by atoms with E-state index >= 15 is 0 Å². The van der Waals surface area contributed by atoms with E-state index in [0.717, 1.165) is 0 Å². The number of carbonyl (C=O) groups is 1. The van der Waals surface area contributed by atoms with Crippen LogP contribution in [-0.4, -0.2) is 38.3 Å². The van der Waals surface area contributed by atoms with Gasteiger partial charge >= 0.3 is 0 Å². The van der Waals surface area contributed by atoms with E-state index in [0.29, 0.717) is 24.2 Å². The Kier molecular flexibility index (Phi) is 6.19. The molecule has 0 aliphatic carbocycles. The molecule has 9 heteroatoms.